The number of carbonyl (C=O) groups is 2. The van der Waals surface area contributed by atoms with Crippen LogP contribution in [0.15, 0.2) is 76.8 Å². The Morgan fingerprint density at radius 3 is 2.35 bits per heavy atom. The molecule has 3 aromatic rings. The summed E-state index contributed by atoms with van der Waals surface area (Å²) in [4.78, 5) is 24.7. The fraction of sp³-hybridized carbons (Fsp3) is 0.0800. The van der Waals surface area contributed by atoms with Gasteiger partial charge in [0.1, 0.15) is 17.4 Å². The number of methoxy groups -OCH3 is 1. The highest BCUT2D eigenvalue weighted by atomic mass is 79.9. The number of hydrogen-bond acceptors (Lipinski definition) is 6. The van der Waals surface area contributed by atoms with Crippen molar-refractivity contribution in [1.82, 2.24) is 0 Å². The zero-order valence-electron chi connectivity index (χ0n) is 18.0. The third-order valence-corrected chi connectivity index (χ3v) is 5.18. The Hall–Kier alpha value is -4.29. The molecular formula is C25H20BrN3O5. The summed E-state index contributed by atoms with van der Waals surface area (Å²) in [6, 6.07) is 19.9. The van der Waals surface area contributed by atoms with E-state index in [1.807, 2.05) is 24.3 Å². The minimum atomic E-state index is -0.614. The van der Waals surface area contributed by atoms with Crippen molar-refractivity contribution in [3.05, 3.63) is 82.3 Å². The summed E-state index contributed by atoms with van der Waals surface area (Å²) in [6.45, 7) is -0.245. The molecule has 3 rings (SSSR count). The molecule has 0 saturated carbocycles. The minimum absolute atomic E-state index is 0.0601. The second-order valence-electron chi connectivity index (χ2n) is 6.90. The van der Waals surface area contributed by atoms with Gasteiger partial charge in [0, 0.05) is 15.8 Å². The van der Waals surface area contributed by atoms with E-state index < -0.39 is 5.91 Å². The van der Waals surface area contributed by atoms with Gasteiger partial charge in [-0.25, -0.2) is 0 Å². The molecule has 0 bridgehead atoms. The lowest BCUT2D eigenvalue weighted by atomic mass is 10.1. The van der Waals surface area contributed by atoms with Crippen LogP contribution in [0.25, 0.3) is 6.08 Å². The molecule has 0 unspecified atom stereocenters. The number of nitriles is 1. The molecule has 172 valence electrons. The summed E-state index contributed by atoms with van der Waals surface area (Å²) < 4.78 is 11.5. The van der Waals surface area contributed by atoms with Gasteiger partial charge < -0.3 is 25.2 Å². The maximum atomic E-state index is 12.5. The Morgan fingerprint density at radius 2 is 1.71 bits per heavy atom. The molecule has 0 fully saturated rings. The summed E-state index contributed by atoms with van der Waals surface area (Å²) in [5.74, 6) is -0.270. The normalized spacial score (nSPS) is 10.7. The molecule has 8 nitrogen and oxygen atoms in total. The van der Waals surface area contributed by atoms with Gasteiger partial charge in [-0.2, -0.15) is 5.26 Å². The molecule has 2 amide bonds. The number of phenolic OH excluding ortho intramolecular Hbond substituents is 1. The second-order valence-corrected chi connectivity index (χ2v) is 7.75. The highest BCUT2D eigenvalue weighted by Gasteiger charge is 2.15. The molecule has 0 aliphatic heterocycles. The maximum absolute atomic E-state index is 12.5. The molecule has 34 heavy (non-hydrogen) atoms. The summed E-state index contributed by atoms with van der Waals surface area (Å²) >= 11 is 3.40. The lowest BCUT2D eigenvalue weighted by Gasteiger charge is -2.13. The van der Waals surface area contributed by atoms with Crippen molar-refractivity contribution >= 4 is 45.2 Å². The standard InChI is InChI=1S/C25H20BrN3O5/c1-33-22-12-16(11-17(14-27)25(32)29-19-7-9-20(30)10-8-19)21(26)13-23(22)34-15-24(31)28-18-5-3-2-4-6-18/h2-13,30H,15H2,1H3,(H,28,31)(H,29,32)/b17-11-. The fourth-order valence-electron chi connectivity index (χ4n) is 2.84. The van der Waals surface area contributed by atoms with E-state index in [9.17, 15) is 20.0 Å². The number of halogens is 1. The van der Waals surface area contributed by atoms with Crippen molar-refractivity contribution < 1.29 is 24.2 Å². The number of phenols is 1. The van der Waals surface area contributed by atoms with Gasteiger partial charge in [0.25, 0.3) is 11.8 Å². The number of benzene rings is 3. The summed E-state index contributed by atoms with van der Waals surface area (Å²) in [5, 5.41) is 24.2. The van der Waals surface area contributed by atoms with E-state index >= 15 is 0 Å². The van der Waals surface area contributed by atoms with Crippen molar-refractivity contribution in [2.75, 3.05) is 24.4 Å². The summed E-state index contributed by atoms with van der Waals surface area (Å²) in [5.41, 5.74) is 1.43. The number of nitrogens with one attached hydrogen (secondary N) is 2. The third-order valence-electron chi connectivity index (χ3n) is 4.49. The molecule has 0 radical (unpaired) electrons. The van der Waals surface area contributed by atoms with E-state index in [0.717, 1.165) is 0 Å². The lowest BCUT2D eigenvalue weighted by molar-refractivity contribution is -0.118. The number of aromatic hydroxyl groups is 1. The molecule has 0 saturated heterocycles. The molecule has 0 heterocycles. The molecule has 9 heteroatoms. The van der Waals surface area contributed by atoms with Crippen LogP contribution in [0, 0.1) is 11.3 Å². The highest BCUT2D eigenvalue weighted by molar-refractivity contribution is 9.10. The maximum Gasteiger partial charge on any atom is 0.266 e. The second kappa shape index (κ2) is 11.5. The van der Waals surface area contributed by atoms with Crippen LogP contribution in [-0.2, 0) is 9.59 Å². The predicted octanol–water partition coefficient (Wildman–Crippen LogP) is 4.73. The van der Waals surface area contributed by atoms with E-state index in [1.54, 1.807) is 24.3 Å². The van der Waals surface area contributed by atoms with E-state index in [4.69, 9.17) is 9.47 Å². The van der Waals surface area contributed by atoms with Crippen LogP contribution in [0.5, 0.6) is 17.2 Å². The van der Waals surface area contributed by atoms with Gasteiger partial charge in [-0.15, -0.1) is 0 Å². The monoisotopic (exact) mass is 521 g/mol. The number of carbonyl (C=O) groups excluding carboxylic acids is 2. The summed E-state index contributed by atoms with van der Waals surface area (Å²) in [7, 11) is 1.44. The van der Waals surface area contributed by atoms with Gasteiger partial charge in [0.15, 0.2) is 18.1 Å². The lowest BCUT2D eigenvalue weighted by Crippen LogP contribution is -2.20. The first kappa shape index (κ1) is 24.4. The zero-order valence-corrected chi connectivity index (χ0v) is 19.6. The fourth-order valence-corrected chi connectivity index (χ4v) is 3.28. The van der Waals surface area contributed by atoms with Gasteiger partial charge in [0.2, 0.25) is 0 Å². The van der Waals surface area contributed by atoms with Gasteiger partial charge in [0.05, 0.1) is 7.11 Å². The summed E-state index contributed by atoms with van der Waals surface area (Å²) in [6.07, 6.45) is 1.40. The first-order valence-electron chi connectivity index (χ1n) is 9.97. The van der Waals surface area contributed by atoms with Crippen molar-refractivity contribution in [3.63, 3.8) is 0 Å². The van der Waals surface area contributed by atoms with E-state index in [1.165, 1.54) is 37.5 Å². The highest BCUT2D eigenvalue weighted by Crippen LogP contribution is 2.34. The minimum Gasteiger partial charge on any atom is -0.508 e. The number of nitrogens with zero attached hydrogens (tertiary/aromatic N) is 1. The first-order valence-corrected chi connectivity index (χ1v) is 10.8. The number of hydrogen-bond donors (Lipinski definition) is 3. The number of amides is 2. The molecule has 0 aliphatic carbocycles. The Morgan fingerprint density at radius 1 is 1.03 bits per heavy atom. The van der Waals surface area contributed by atoms with E-state index in [0.29, 0.717) is 32.9 Å². The van der Waals surface area contributed by atoms with Gasteiger partial charge >= 0.3 is 0 Å². The molecule has 0 spiro atoms. The average Bonchev–Trinajstić information content (AvgIpc) is 2.84. The zero-order chi connectivity index (χ0) is 24.5. The molecule has 0 atom stereocenters. The topological polar surface area (TPSA) is 121 Å². The largest absolute Gasteiger partial charge is 0.508 e. The van der Waals surface area contributed by atoms with Crippen LogP contribution < -0.4 is 20.1 Å². The number of rotatable bonds is 8. The Labute approximate surface area is 204 Å². The van der Waals surface area contributed by atoms with Gasteiger partial charge in [-0.3, -0.25) is 9.59 Å². The smallest absolute Gasteiger partial charge is 0.266 e. The van der Waals surface area contributed by atoms with Crippen LogP contribution in [0.2, 0.25) is 0 Å². The van der Waals surface area contributed by atoms with E-state index in [2.05, 4.69) is 26.6 Å². The van der Waals surface area contributed by atoms with Crippen LogP contribution in [0.3, 0.4) is 0 Å². The van der Waals surface area contributed by atoms with Crippen LogP contribution in [0.1, 0.15) is 5.56 Å². The van der Waals surface area contributed by atoms with Crippen LogP contribution >= 0.6 is 15.9 Å². The van der Waals surface area contributed by atoms with Crippen molar-refractivity contribution in [2.45, 2.75) is 0 Å². The number of anilines is 2. The quantitative estimate of drug-likeness (QED) is 0.224. The SMILES string of the molecule is COc1cc(/C=C(/C#N)C(=O)Nc2ccc(O)cc2)c(Br)cc1OCC(=O)Nc1ccccc1. The Balaban J connectivity index is 1.74. The molecule has 0 aliphatic rings. The number of ether oxygens (including phenoxy) is 2. The van der Waals surface area contributed by atoms with Crippen LogP contribution in [-0.4, -0.2) is 30.6 Å². The van der Waals surface area contributed by atoms with Crippen molar-refractivity contribution in [2.24, 2.45) is 0 Å². The first-order chi connectivity index (χ1) is 16.4. The van der Waals surface area contributed by atoms with Crippen molar-refractivity contribution in [1.29, 1.82) is 5.26 Å². The van der Waals surface area contributed by atoms with Crippen LogP contribution in [0.4, 0.5) is 11.4 Å². The van der Waals surface area contributed by atoms with Crippen molar-refractivity contribution in [3.8, 4) is 23.3 Å². The van der Waals surface area contributed by atoms with Gasteiger partial charge in [-0.05, 0) is 60.2 Å². The molecule has 0 aromatic heterocycles. The molecule has 3 aromatic carbocycles. The molecule has 3 N–H and O–H groups in total. The van der Waals surface area contributed by atoms with E-state index in [-0.39, 0.29) is 23.8 Å². The third kappa shape index (κ3) is 6.60. The van der Waals surface area contributed by atoms with Gasteiger partial charge in [-0.1, -0.05) is 34.1 Å². The Kier molecular flexibility index (Phi) is 8.26. The average molecular weight is 522 g/mol. The number of para-hydroxylation sites is 1. The predicted molar refractivity (Wildman–Crippen MR) is 132 cm³/mol. The Bertz CT molecular complexity index is 1250. The molecular weight excluding hydrogens is 502 g/mol.